The van der Waals surface area contributed by atoms with Gasteiger partial charge < -0.3 is 5.53 Å². The molecule has 15 heavy (non-hydrogen) atoms. The molecule has 0 N–H and O–H groups in total. The van der Waals surface area contributed by atoms with Crippen LogP contribution in [0.25, 0.3) is 5.53 Å². The molecule has 5 heteroatoms. The Morgan fingerprint density at radius 2 is 2.27 bits per heavy atom. The lowest BCUT2D eigenvalue weighted by Crippen LogP contribution is -2.05. The van der Waals surface area contributed by atoms with Crippen molar-refractivity contribution >= 4 is 50.5 Å². The summed E-state index contributed by atoms with van der Waals surface area (Å²) in [6.07, 6.45) is 1.20. The number of hydrogen-bond acceptors (Lipinski definition) is 1. The van der Waals surface area contributed by atoms with Gasteiger partial charge in [0.05, 0.1) is 0 Å². The molecule has 0 bridgehead atoms. The smallest absolute Gasteiger partial charge is 0.323 e. The van der Waals surface area contributed by atoms with E-state index in [4.69, 9.17) is 5.53 Å². The minimum atomic E-state index is -0.209. The summed E-state index contributed by atoms with van der Waals surface area (Å²) < 4.78 is 1.10. The first kappa shape index (κ1) is 12.5. The summed E-state index contributed by atoms with van der Waals surface area (Å²) in [5, 5.41) is 0. The predicted octanol–water partition coefficient (Wildman–Crippen LogP) is 2.99. The highest BCUT2D eigenvalue weighted by atomic mass is 127. The van der Waals surface area contributed by atoms with Crippen LogP contribution in [-0.2, 0) is 4.79 Å². The first-order chi connectivity index (χ1) is 7.15. The topological polar surface area (TPSA) is 53.5 Å². The van der Waals surface area contributed by atoms with Gasteiger partial charge >= 0.3 is 6.21 Å². The molecule has 0 aromatic heterocycles. The standard InChI is InChI=1S/C10H8BrIN2O/c11-9(5-7(15)6-14-13)8-3-1-2-4-10(8)12/h1-4,6,9H,5H2. The van der Waals surface area contributed by atoms with E-state index in [9.17, 15) is 4.79 Å². The summed E-state index contributed by atoms with van der Waals surface area (Å²) in [4.78, 5) is 13.9. The van der Waals surface area contributed by atoms with Gasteiger partial charge in [0.15, 0.2) is 0 Å². The molecular weight excluding hydrogens is 371 g/mol. The predicted molar refractivity (Wildman–Crippen MR) is 70.1 cm³/mol. The van der Waals surface area contributed by atoms with Crippen molar-refractivity contribution < 1.29 is 9.58 Å². The number of hydrogen-bond donors (Lipinski definition) is 0. The van der Waals surface area contributed by atoms with Crippen LogP contribution in [0.4, 0.5) is 0 Å². The molecule has 1 aromatic carbocycles. The number of halogens is 2. The largest absolute Gasteiger partial charge is 0.361 e. The molecule has 78 valence electrons. The summed E-state index contributed by atoms with van der Waals surface area (Å²) in [7, 11) is 0. The Balaban J connectivity index is 2.77. The summed E-state index contributed by atoms with van der Waals surface area (Å²) in [5.74, 6) is -0.209. The molecule has 0 heterocycles. The highest BCUT2D eigenvalue weighted by Gasteiger charge is 2.15. The minimum Gasteiger partial charge on any atom is -0.361 e. The zero-order valence-corrected chi connectivity index (χ0v) is 11.5. The van der Waals surface area contributed by atoms with Gasteiger partial charge in [-0.15, -0.1) is 0 Å². The monoisotopic (exact) mass is 378 g/mol. The summed E-state index contributed by atoms with van der Waals surface area (Å²) in [6, 6.07) is 7.82. The van der Waals surface area contributed by atoms with Crippen LogP contribution >= 0.6 is 38.5 Å². The van der Waals surface area contributed by atoms with E-state index in [2.05, 4.69) is 43.3 Å². The summed E-state index contributed by atoms with van der Waals surface area (Å²) >= 11 is 5.66. The van der Waals surface area contributed by atoms with Crippen molar-refractivity contribution in [1.82, 2.24) is 0 Å². The fourth-order valence-corrected chi connectivity index (χ4v) is 3.04. The molecule has 0 aliphatic heterocycles. The van der Waals surface area contributed by atoms with E-state index in [0.717, 1.165) is 15.3 Å². The van der Waals surface area contributed by atoms with E-state index in [1.54, 1.807) is 0 Å². The Hall–Kier alpha value is -0.520. The molecule has 1 unspecified atom stereocenters. The molecule has 0 aliphatic rings. The maximum Gasteiger partial charge on any atom is 0.323 e. The number of rotatable bonds is 4. The molecule has 0 aliphatic carbocycles. The lowest BCUT2D eigenvalue weighted by Gasteiger charge is -2.08. The number of nitrogens with zero attached hydrogens (tertiary/aromatic N) is 2. The van der Waals surface area contributed by atoms with E-state index in [-0.39, 0.29) is 17.0 Å². The van der Waals surface area contributed by atoms with Crippen LogP contribution in [0, 0.1) is 3.57 Å². The van der Waals surface area contributed by atoms with Gasteiger partial charge in [0.1, 0.15) is 0 Å². The number of ketones is 1. The van der Waals surface area contributed by atoms with Crippen molar-refractivity contribution in [3.8, 4) is 0 Å². The molecule has 0 spiro atoms. The molecule has 3 nitrogen and oxygen atoms in total. The molecule has 0 saturated carbocycles. The van der Waals surface area contributed by atoms with Crippen LogP contribution in [0.2, 0.25) is 0 Å². The Labute approximate surface area is 110 Å². The second kappa shape index (κ2) is 6.15. The number of carbonyl (C=O) groups is 1. The van der Waals surface area contributed by atoms with E-state index < -0.39 is 0 Å². The zero-order valence-electron chi connectivity index (χ0n) is 7.73. The van der Waals surface area contributed by atoms with Gasteiger partial charge in [-0.2, -0.15) is 4.79 Å². The van der Waals surface area contributed by atoms with Crippen LogP contribution in [0.15, 0.2) is 24.3 Å². The van der Waals surface area contributed by atoms with Gasteiger partial charge in [0, 0.05) is 14.8 Å². The van der Waals surface area contributed by atoms with Gasteiger partial charge in [-0.05, 0) is 34.2 Å². The van der Waals surface area contributed by atoms with Gasteiger partial charge in [0.25, 0.3) is 0 Å². The number of carbonyl (C=O) groups excluding carboxylic acids is 1. The maximum absolute atomic E-state index is 11.2. The molecule has 0 radical (unpaired) electrons. The molecule has 0 amide bonds. The van der Waals surface area contributed by atoms with E-state index >= 15 is 0 Å². The summed E-state index contributed by atoms with van der Waals surface area (Å²) in [6.45, 7) is 0. The Morgan fingerprint density at radius 3 is 2.87 bits per heavy atom. The summed E-state index contributed by atoms with van der Waals surface area (Å²) in [5.41, 5.74) is 9.27. The van der Waals surface area contributed by atoms with Crippen molar-refractivity contribution in [3.05, 3.63) is 38.9 Å². The van der Waals surface area contributed by atoms with Gasteiger partial charge in [-0.3, -0.25) is 4.79 Å². The third kappa shape index (κ3) is 3.85. The fraction of sp³-hybridized carbons (Fsp3) is 0.200. The van der Waals surface area contributed by atoms with Gasteiger partial charge in [0.2, 0.25) is 5.78 Å². The molecule has 1 atom stereocenters. The van der Waals surface area contributed by atoms with Crippen LogP contribution < -0.4 is 0 Å². The van der Waals surface area contributed by atoms with Crippen molar-refractivity contribution in [3.63, 3.8) is 0 Å². The molecular formula is C10H8BrIN2O. The minimum absolute atomic E-state index is 0.0453. The number of alkyl halides is 1. The van der Waals surface area contributed by atoms with Crippen LogP contribution in [0.1, 0.15) is 16.8 Å². The second-order valence-corrected chi connectivity index (χ2v) is 5.17. The third-order valence-electron chi connectivity index (χ3n) is 1.82. The average Bonchev–Trinajstić information content (AvgIpc) is 2.18. The van der Waals surface area contributed by atoms with Crippen molar-refractivity contribution in [2.75, 3.05) is 0 Å². The first-order valence-corrected chi connectivity index (χ1v) is 6.23. The van der Waals surface area contributed by atoms with Crippen molar-refractivity contribution in [1.29, 1.82) is 0 Å². The third-order valence-corrected chi connectivity index (χ3v) is 3.62. The zero-order chi connectivity index (χ0) is 11.3. The van der Waals surface area contributed by atoms with Crippen LogP contribution in [0.5, 0.6) is 0 Å². The second-order valence-electron chi connectivity index (χ2n) is 2.90. The van der Waals surface area contributed by atoms with E-state index in [1.165, 1.54) is 0 Å². The maximum atomic E-state index is 11.2. The van der Waals surface area contributed by atoms with Crippen molar-refractivity contribution in [2.45, 2.75) is 11.2 Å². The number of Topliss-reactive ketones (excluding diaryl/α,β-unsaturated/α-hetero) is 1. The highest BCUT2D eigenvalue weighted by Crippen LogP contribution is 2.29. The average molecular weight is 379 g/mol. The number of benzene rings is 1. The lowest BCUT2D eigenvalue weighted by molar-refractivity contribution is -0.116. The molecule has 1 aromatic rings. The molecule has 0 saturated heterocycles. The Morgan fingerprint density at radius 1 is 1.60 bits per heavy atom. The van der Waals surface area contributed by atoms with Crippen molar-refractivity contribution in [2.24, 2.45) is 0 Å². The van der Waals surface area contributed by atoms with Crippen LogP contribution in [0.3, 0.4) is 0 Å². The Bertz CT molecular complexity index is 416. The highest BCUT2D eigenvalue weighted by molar-refractivity contribution is 14.1. The SMILES string of the molecule is [N-]=[N+]=CC(=O)CC(Br)c1ccccc1I. The molecule has 1 rings (SSSR count). The normalized spacial score (nSPS) is 11.6. The van der Waals surface area contributed by atoms with Gasteiger partial charge in [-0.25, -0.2) is 0 Å². The van der Waals surface area contributed by atoms with E-state index in [1.807, 2.05) is 24.3 Å². The molecule has 0 fully saturated rings. The fourth-order valence-electron chi connectivity index (χ4n) is 1.13. The first-order valence-electron chi connectivity index (χ1n) is 4.24. The van der Waals surface area contributed by atoms with Crippen LogP contribution in [-0.4, -0.2) is 16.8 Å². The quantitative estimate of drug-likeness (QED) is 0.261. The lowest BCUT2D eigenvalue weighted by atomic mass is 10.1. The van der Waals surface area contributed by atoms with E-state index in [0.29, 0.717) is 0 Å². The van der Waals surface area contributed by atoms with Gasteiger partial charge in [-0.1, -0.05) is 34.1 Å². The Kier molecular flexibility index (Phi) is 5.14.